The lowest BCUT2D eigenvalue weighted by Crippen LogP contribution is -2.48. The molecule has 0 aliphatic carbocycles. The van der Waals surface area contributed by atoms with Gasteiger partial charge in [0.2, 0.25) is 0 Å². The molecule has 23 heavy (non-hydrogen) atoms. The first-order valence-corrected chi connectivity index (χ1v) is 8.06. The number of amides is 1. The molecule has 0 aromatic carbocycles. The lowest BCUT2D eigenvalue weighted by molar-refractivity contribution is -0.00465. The molecule has 124 valence electrons. The van der Waals surface area contributed by atoms with Crippen molar-refractivity contribution < 1.29 is 14.6 Å². The third kappa shape index (κ3) is 3.35. The predicted octanol–water partition coefficient (Wildman–Crippen LogP) is 0.905. The topological polar surface area (TPSA) is 80.0 Å². The summed E-state index contributed by atoms with van der Waals surface area (Å²) in [5.74, 6) is -0.0686. The summed E-state index contributed by atoms with van der Waals surface area (Å²) in [4.78, 5) is 19.0. The van der Waals surface area contributed by atoms with Gasteiger partial charge in [-0.25, -0.2) is 9.50 Å². The zero-order chi connectivity index (χ0) is 16.2. The van der Waals surface area contributed by atoms with Gasteiger partial charge < -0.3 is 14.7 Å². The molecule has 1 aliphatic heterocycles. The maximum atomic E-state index is 12.8. The molecule has 1 atom stereocenters. The summed E-state index contributed by atoms with van der Waals surface area (Å²) in [6.07, 6.45) is 5.97. The van der Waals surface area contributed by atoms with Crippen LogP contribution in [0, 0.1) is 0 Å². The predicted molar refractivity (Wildman–Crippen MR) is 84.3 cm³/mol. The van der Waals surface area contributed by atoms with Gasteiger partial charge in [-0.2, -0.15) is 5.10 Å². The number of aliphatic hydroxyl groups is 1. The molecule has 1 aliphatic rings. The normalized spacial score (nSPS) is 18.5. The van der Waals surface area contributed by atoms with Gasteiger partial charge >= 0.3 is 0 Å². The Morgan fingerprint density at radius 2 is 2.39 bits per heavy atom. The first-order valence-electron chi connectivity index (χ1n) is 8.06. The van der Waals surface area contributed by atoms with Crippen molar-refractivity contribution >= 4 is 11.6 Å². The highest BCUT2D eigenvalue weighted by Crippen LogP contribution is 2.16. The maximum Gasteiger partial charge on any atom is 0.274 e. The van der Waals surface area contributed by atoms with Crippen molar-refractivity contribution in [2.24, 2.45) is 0 Å². The molecule has 2 aromatic heterocycles. The Labute approximate surface area is 134 Å². The molecule has 0 radical (unpaired) electrons. The second-order valence-electron chi connectivity index (χ2n) is 5.78. The van der Waals surface area contributed by atoms with Crippen molar-refractivity contribution in [3.8, 4) is 0 Å². The highest BCUT2D eigenvalue weighted by Gasteiger charge is 2.29. The fourth-order valence-electron chi connectivity index (χ4n) is 2.92. The first-order chi connectivity index (χ1) is 11.2. The molecule has 0 spiro atoms. The molecule has 1 amide bonds. The Morgan fingerprint density at radius 1 is 1.52 bits per heavy atom. The van der Waals surface area contributed by atoms with Crippen molar-refractivity contribution in [2.45, 2.75) is 32.2 Å². The number of aliphatic hydroxyl groups excluding tert-OH is 1. The number of hydrogen-bond donors (Lipinski definition) is 1. The van der Waals surface area contributed by atoms with Crippen LogP contribution in [0.15, 0.2) is 18.5 Å². The fourth-order valence-corrected chi connectivity index (χ4v) is 2.92. The molecular weight excluding hydrogens is 296 g/mol. The number of ether oxygens (including phenoxy) is 1. The number of rotatable bonds is 5. The van der Waals surface area contributed by atoms with Crippen molar-refractivity contribution in [3.63, 3.8) is 0 Å². The highest BCUT2D eigenvalue weighted by molar-refractivity contribution is 5.93. The van der Waals surface area contributed by atoms with E-state index in [9.17, 15) is 4.79 Å². The number of aromatic nitrogens is 3. The van der Waals surface area contributed by atoms with E-state index in [-0.39, 0.29) is 18.6 Å². The Balaban J connectivity index is 1.84. The third-order valence-electron chi connectivity index (χ3n) is 4.10. The standard InChI is InChI=1S/C16H22N4O3/c1-2-3-13-11-23-7-5-19(13)16(22)14-8-15-17-9-12(4-6-21)10-20(15)18-14/h8-10,13,21H,2-7,11H2,1H3/t13-/m0/s1. The van der Waals surface area contributed by atoms with Gasteiger partial charge in [0, 0.05) is 31.6 Å². The lowest BCUT2D eigenvalue weighted by atomic mass is 10.1. The monoisotopic (exact) mass is 318 g/mol. The summed E-state index contributed by atoms with van der Waals surface area (Å²) in [6.45, 7) is 3.92. The molecule has 3 heterocycles. The first kappa shape index (κ1) is 15.9. The zero-order valence-electron chi connectivity index (χ0n) is 13.3. The summed E-state index contributed by atoms with van der Waals surface area (Å²) in [5, 5.41) is 13.4. The second kappa shape index (κ2) is 7.06. The average molecular weight is 318 g/mol. The zero-order valence-corrected chi connectivity index (χ0v) is 13.3. The fraction of sp³-hybridized carbons (Fsp3) is 0.562. The van der Waals surface area contributed by atoms with E-state index in [1.54, 1.807) is 23.0 Å². The number of nitrogens with zero attached hydrogens (tertiary/aromatic N) is 4. The minimum Gasteiger partial charge on any atom is -0.396 e. The molecule has 0 unspecified atom stereocenters. The molecule has 2 aromatic rings. The number of carbonyl (C=O) groups is 1. The van der Waals surface area contributed by atoms with Crippen LogP contribution >= 0.6 is 0 Å². The van der Waals surface area contributed by atoms with Crippen LogP contribution in [-0.4, -0.2) is 62.9 Å². The second-order valence-corrected chi connectivity index (χ2v) is 5.78. The molecule has 1 N–H and O–H groups in total. The Kier molecular flexibility index (Phi) is 4.88. The maximum absolute atomic E-state index is 12.8. The van der Waals surface area contributed by atoms with Crippen LogP contribution in [0.4, 0.5) is 0 Å². The van der Waals surface area contributed by atoms with Gasteiger partial charge in [0.25, 0.3) is 5.91 Å². The van der Waals surface area contributed by atoms with E-state index in [1.807, 2.05) is 4.90 Å². The van der Waals surface area contributed by atoms with Crippen LogP contribution in [0.2, 0.25) is 0 Å². The van der Waals surface area contributed by atoms with Crippen molar-refractivity contribution in [1.82, 2.24) is 19.5 Å². The Hall–Kier alpha value is -1.99. The van der Waals surface area contributed by atoms with E-state index in [2.05, 4.69) is 17.0 Å². The number of carbonyl (C=O) groups excluding carboxylic acids is 1. The SMILES string of the molecule is CCC[C@H]1COCCN1C(=O)c1cc2ncc(CCO)cn2n1. The molecule has 1 fully saturated rings. The Bertz CT molecular complexity index is 683. The van der Waals surface area contributed by atoms with Gasteiger partial charge in [-0.15, -0.1) is 0 Å². The summed E-state index contributed by atoms with van der Waals surface area (Å²) >= 11 is 0. The largest absolute Gasteiger partial charge is 0.396 e. The number of hydrogen-bond acceptors (Lipinski definition) is 5. The average Bonchev–Trinajstić information content (AvgIpc) is 2.99. The lowest BCUT2D eigenvalue weighted by Gasteiger charge is -2.35. The van der Waals surface area contributed by atoms with E-state index in [1.165, 1.54) is 0 Å². The van der Waals surface area contributed by atoms with Crippen LogP contribution in [0.3, 0.4) is 0 Å². The van der Waals surface area contributed by atoms with Crippen LogP contribution in [-0.2, 0) is 11.2 Å². The van der Waals surface area contributed by atoms with Crippen LogP contribution in [0.1, 0.15) is 35.8 Å². The molecule has 3 rings (SSSR count). The van der Waals surface area contributed by atoms with E-state index >= 15 is 0 Å². The molecule has 1 saturated heterocycles. The number of fused-ring (bicyclic) bond motifs is 1. The molecule has 7 nitrogen and oxygen atoms in total. The van der Waals surface area contributed by atoms with E-state index in [4.69, 9.17) is 9.84 Å². The summed E-state index contributed by atoms with van der Waals surface area (Å²) in [7, 11) is 0. The van der Waals surface area contributed by atoms with Crippen LogP contribution in [0.25, 0.3) is 5.65 Å². The number of morpholine rings is 1. The van der Waals surface area contributed by atoms with Gasteiger partial charge in [0.05, 0.1) is 19.3 Å². The van der Waals surface area contributed by atoms with Crippen molar-refractivity contribution in [1.29, 1.82) is 0 Å². The van der Waals surface area contributed by atoms with Crippen molar-refractivity contribution in [2.75, 3.05) is 26.4 Å². The Morgan fingerprint density at radius 3 is 3.17 bits per heavy atom. The van der Waals surface area contributed by atoms with Crippen LogP contribution < -0.4 is 0 Å². The van der Waals surface area contributed by atoms with Gasteiger partial charge in [0.1, 0.15) is 0 Å². The minimum atomic E-state index is -0.0686. The van der Waals surface area contributed by atoms with Crippen LogP contribution in [0.5, 0.6) is 0 Å². The van der Waals surface area contributed by atoms with Gasteiger partial charge in [-0.1, -0.05) is 13.3 Å². The smallest absolute Gasteiger partial charge is 0.274 e. The quantitative estimate of drug-likeness (QED) is 0.886. The summed E-state index contributed by atoms with van der Waals surface area (Å²) in [5.41, 5.74) is 1.93. The molecule has 0 saturated carbocycles. The van der Waals surface area contributed by atoms with Gasteiger partial charge in [0.15, 0.2) is 11.3 Å². The van der Waals surface area contributed by atoms with Gasteiger partial charge in [-0.3, -0.25) is 4.79 Å². The van der Waals surface area contributed by atoms with E-state index in [0.717, 1.165) is 18.4 Å². The molecular formula is C16H22N4O3. The van der Waals surface area contributed by atoms with E-state index in [0.29, 0.717) is 37.5 Å². The van der Waals surface area contributed by atoms with Gasteiger partial charge in [-0.05, 0) is 18.4 Å². The minimum absolute atomic E-state index is 0.0622. The highest BCUT2D eigenvalue weighted by atomic mass is 16.5. The molecule has 7 heteroatoms. The summed E-state index contributed by atoms with van der Waals surface area (Å²) < 4.78 is 7.10. The van der Waals surface area contributed by atoms with E-state index < -0.39 is 0 Å². The summed E-state index contributed by atoms with van der Waals surface area (Å²) in [6, 6.07) is 1.83. The third-order valence-corrected chi connectivity index (χ3v) is 4.10. The van der Waals surface area contributed by atoms with Crippen molar-refractivity contribution in [3.05, 3.63) is 29.7 Å². The molecule has 0 bridgehead atoms.